The number of ether oxygens (including phenoxy) is 1. The molecule has 0 aliphatic rings. The normalized spacial score (nSPS) is 11.9. The van der Waals surface area contributed by atoms with Crippen LogP contribution >= 0.6 is 0 Å². The lowest BCUT2D eigenvalue weighted by Gasteiger charge is -2.10. The fraction of sp³-hybridized carbons (Fsp3) is 0.300. The highest BCUT2D eigenvalue weighted by atomic mass is 16.6. The quantitative estimate of drug-likeness (QED) is 0.483. The molecule has 1 atom stereocenters. The van der Waals surface area contributed by atoms with Gasteiger partial charge in [0.15, 0.2) is 0 Å². The zero-order valence-electron chi connectivity index (χ0n) is 9.15. The summed E-state index contributed by atoms with van der Waals surface area (Å²) in [6.45, 7) is -0.744. The molecule has 18 heavy (non-hydrogen) atoms. The standard InChI is InChI=1S/C10H11NO7/c12-4-6(13)5-18-7-1-2-9(11(16)17)8(3-7)10(14)15/h1-3,6,12-13H,4-5H2,(H,14,15). The van der Waals surface area contributed by atoms with Crippen molar-refractivity contribution in [1.82, 2.24) is 0 Å². The molecule has 0 spiro atoms. The second-order valence-corrected chi connectivity index (χ2v) is 3.39. The van der Waals surface area contributed by atoms with Gasteiger partial charge < -0.3 is 20.1 Å². The summed E-state index contributed by atoms with van der Waals surface area (Å²) < 4.78 is 4.99. The first-order chi connectivity index (χ1) is 8.45. The minimum Gasteiger partial charge on any atom is -0.491 e. The third-order valence-electron chi connectivity index (χ3n) is 2.05. The van der Waals surface area contributed by atoms with Crippen LogP contribution in [0, 0.1) is 10.1 Å². The molecule has 0 fully saturated rings. The second kappa shape index (κ2) is 5.94. The van der Waals surface area contributed by atoms with E-state index in [4.69, 9.17) is 20.1 Å². The van der Waals surface area contributed by atoms with Gasteiger partial charge in [0.1, 0.15) is 24.0 Å². The Morgan fingerprint density at radius 3 is 2.67 bits per heavy atom. The maximum atomic E-state index is 10.8. The Morgan fingerprint density at radius 1 is 1.50 bits per heavy atom. The number of nitro benzene ring substituents is 1. The van der Waals surface area contributed by atoms with Crippen molar-refractivity contribution < 1.29 is 29.8 Å². The Balaban J connectivity index is 2.93. The molecule has 1 aromatic carbocycles. The number of benzene rings is 1. The molecule has 0 heterocycles. The van der Waals surface area contributed by atoms with E-state index in [1.54, 1.807) is 0 Å². The molecule has 0 saturated carbocycles. The lowest BCUT2D eigenvalue weighted by molar-refractivity contribution is -0.385. The van der Waals surface area contributed by atoms with Crippen LogP contribution < -0.4 is 4.74 Å². The van der Waals surface area contributed by atoms with Crippen molar-refractivity contribution >= 4 is 11.7 Å². The maximum absolute atomic E-state index is 10.8. The van der Waals surface area contributed by atoms with E-state index in [-0.39, 0.29) is 12.4 Å². The van der Waals surface area contributed by atoms with E-state index < -0.39 is 34.9 Å². The van der Waals surface area contributed by atoms with E-state index in [2.05, 4.69) is 0 Å². The average Bonchev–Trinajstić information content (AvgIpc) is 2.35. The lowest BCUT2D eigenvalue weighted by Crippen LogP contribution is -2.21. The Hall–Kier alpha value is -2.19. The third kappa shape index (κ3) is 3.40. The van der Waals surface area contributed by atoms with Gasteiger partial charge in [-0.2, -0.15) is 0 Å². The molecule has 0 aromatic heterocycles. The van der Waals surface area contributed by atoms with E-state index in [0.717, 1.165) is 12.1 Å². The van der Waals surface area contributed by atoms with Gasteiger partial charge in [0.25, 0.3) is 5.69 Å². The van der Waals surface area contributed by atoms with E-state index in [0.29, 0.717) is 0 Å². The van der Waals surface area contributed by atoms with Gasteiger partial charge in [-0.3, -0.25) is 10.1 Å². The highest BCUT2D eigenvalue weighted by molar-refractivity contribution is 5.92. The molecule has 8 heteroatoms. The van der Waals surface area contributed by atoms with Crippen LogP contribution in [0.5, 0.6) is 5.75 Å². The zero-order valence-corrected chi connectivity index (χ0v) is 9.15. The fourth-order valence-corrected chi connectivity index (χ4v) is 1.18. The number of nitro groups is 1. The SMILES string of the molecule is O=C(O)c1cc(OCC(O)CO)ccc1[N+](=O)[O-]. The lowest BCUT2D eigenvalue weighted by atomic mass is 10.1. The van der Waals surface area contributed by atoms with Crippen molar-refractivity contribution in [3.63, 3.8) is 0 Å². The number of nitrogens with zero attached hydrogens (tertiary/aromatic N) is 1. The van der Waals surface area contributed by atoms with Crippen LogP contribution in [0.4, 0.5) is 5.69 Å². The number of carboxylic acids is 1. The Kier molecular flexibility index (Phi) is 4.58. The van der Waals surface area contributed by atoms with Crippen molar-refractivity contribution in [2.24, 2.45) is 0 Å². The number of aliphatic hydroxyl groups excluding tert-OH is 2. The summed E-state index contributed by atoms with van der Waals surface area (Å²) in [5, 5.41) is 37.0. The molecule has 1 rings (SSSR count). The molecule has 98 valence electrons. The summed E-state index contributed by atoms with van der Waals surface area (Å²) in [4.78, 5) is 20.6. The van der Waals surface area contributed by atoms with Crippen LogP contribution in [0.25, 0.3) is 0 Å². The molecule has 0 saturated heterocycles. The van der Waals surface area contributed by atoms with Crippen molar-refractivity contribution in [3.05, 3.63) is 33.9 Å². The van der Waals surface area contributed by atoms with E-state index >= 15 is 0 Å². The second-order valence-electron chi connectivity index (χ2n) is 3.39. The maximum Gasteiger partial charge on any atom is 0.342 e. The fourth-order valence-electron chi connectivity index (χ4n) is 1.18. The average molecular weight is 257 g/mol. The number of hydrogen-bond acceptors (Lipinski definition) is 6. The van der Waals surface area contributed by atoms with Crippen LogP contribution in [-0.4, -0.2) is 45.5 Å². The van der Waals surface area contributed by atoms with E-state index in [1.165, 1.54) is 6.07 Å². The Bertz CT molecular complexity index is 460. The van der Waals surface area contributed by atoms with E-state index in [1.807, 2.05) is 0 Å². The molecular weight excluding hydrogens is 246 g/mol. The summed E-state index contributed by atoms with van der Waals surface area (Å²) in [6, 6.07) is 3.21. The summed E-state index contributed by atoms with van der Waals surface area (Å²) in [5.41, 5.74) is -1.05. The first-order valence-electron chi connectivity index (χ1n) is 4.89. The van der Waals surface area contributed by atoms with Crippen molar-refractivity contribution in [2.45, 2.75) is 6.10 Å². The number of aromatic carboxylic acids is 1. The van der Waals surface area contributed by atoms with Crippen molar-refractivity contribution in [3.8, 4) is 5.75 Å². The molecule has 3 N–H and O–H groups in total. The van der Waals surface area contributed by atoms with Gasteiger partial charge in [0.2, 0.25) is 0 Å². The highest BCUT2D eigenvalue weighted by Crippen LogP contribution is 2.24. The predicted octanol–water partition coefficient (Wildman–Crippen LogP) is 0.0250. The molecule has 0 amide bonds. The first kappa shape index (κ1) is 13.9. The summed E-state index contributed by atoms with van der Waals surface area (Å²) >= 11 is 0. The van der Waals surface area contributed by atoms with Gasteiger partial charge in [-0.25, -0.2) is 4.79 Å². The number of carbonyl (C=O) groups is 1. The Labute approximate surface area is 101 Å². The molecule has 1 unspecified atom stereocenters. The molecule has 0 radical (unpaired) electrons. The Morgan fingerprint density at radius 2 is 2.17 bits per heavy atom. The monoisotopic (exact) mass is 257 g/mol. The first-order valence-corrected chi connectivity index (χ1v) is 4.89. The smallest absolute Gasteiger partial charge is 0.342 e. The molecule has 0 aliphatic heterocycles. The van der Waals surface area contributed by atoms with Crippen molar-refractivity contribution in [2.75, 3.05) is 13.2 Å². The molecule has 8 nitrogen and oxygen atoms in total. The van der Waals surface area contributed by atoms with Gasteiger partial charge >= 0.3 is 5.97 Å². The van der Waals surface area contributed by atoms with Gasteiger partial charge in [0, 0.05) is 12.1 Å². The number of carboxylic acid groups (broad SMARTS) is 1. The molecule has 1 aromatic rings. The number of hydrogen-bond donors (Lipinski definition) is 3. The third-order valence-corrected chi connectivity index (χ3v) is 2.05. The number of aliphatic hydroxyl groups is 2. The molecular formula is C10H11NO7. The number of rotatable bonds is 6. The summed E-state index contributed by atoms with van der Waals surface area (Å²) in [7, 11) is 0. The van der Waals surface area contributed by atoms with Gasteiger partial charge in [-0.05, 0) is 6.07 Å². The van der Waals surface area contributed by atoms with Gasteiger partial charge in [-0.15, -0.1) is 0 Å². The van der Waals surface area contributed by atoms with E-state index in [9.17, 15) is 14.9 Å². The minimum atomic E-state index is -1.45. The van der Waals surface area contributed by atoms with Crippen LogP contribution in [-0.2, 0) is 0 Å². The van der Waals surface area contributed by atoms with Crippen LogP contribution in [0.2, 0.25) is 0 Å². The van der Waals surface area contributed by atoms with Crippen LogP contribution in [0.1, 0.15) is 10.4 Å². The van der Waals surface area contributed by atoms with Crippen molar-refractivity contribution in [1.29, 1.82) is 0 Å². The highest BCUT2D eigenvalue weighted by Gasteiger charge is 2.20. The van der Waals surface area contributed by atoms with Crippen LogP contribution in [0.3, 0.4) is 0 Å². The topological polar surface area (TPSA) is 130 Å². The molecule has 0 aliphatic carbocycles. The zero-order chi connectivity index (χ0) is 13.7. The predicted molar refractivity (Wildman–Crippen MR) is 58.6 cm³/mol. The van der Waals surface area contributed by atoms with Gasteiger partial charge in [0.05, 0.1) is 11.5 Å². The summed E-state index contributed by atoms with van der Waals surface area (Å²) in [6.07, 6.45) is -1.10. The van der Waals surface area contributed by atoms with Crippen LogP contribution in [0.15, 0.2) is 18.2 Å². The van der Waals surface area contributed by atoms with Gasteiger partial charge in [-0.1, -0.05) is 0 Å². The molecule has 0 bridgehead atoms. The summed E-state index contributed by atoms with van der Waals surface area (Å²) in [5.74, 6) is -1.39. The minimum absolute atomic E-state index is 0.0606. The largest absolute Gasteiger partial charge is 0.491 e.